The number of phenols is 1. The maximum absolute atomic E-state index is 13.3. The van der Waals surface area contributed by atoms with Gasteiger partial charge in [0.25, 0.3) is 0 Å². The lowest BCUT2D eigenvalue weighted by Gasteiger charge is -2.28. The van der Waals surface area contributed by atoms with Crippen molar-refractivity contribution in [3.63, 3.8) is 0 Å². The highest BCUT2D eigenvalue weighted by Crippen LogP contribution is 2.12. The number of nitrogens with two attached hydrogens (primary N) is 1. The lowest BCUT2D eigenvalue weighted by Crippen LogP contribution is -2.62. The van der Waals surface area contributed by atoms with Crippen LogP contribution >= 0.6 is 0 Å². The van der Waals surface area contributed by atoms with Gasteiger partial charge in [0.15, 0.2) is 0 Å². The van der Waals surface area contributed by atoms with Crippen LogP contribution in [0, 0.1) is 11.8 Å². The van der Waals surface area contributed by atoms with E-state index >= 15 is 0 Å². The molecule has 0 bridgehead atoms. The molecule has 0 heterocycles. The third-order valence-electron chi connectivity index (χ3n) is 7.44. The molecule has 0 aliphatic heterocycles. The smallest absolute Gasteiger partial charge is 0.326 e. The Kier molecular flexibility index (Phi) is 17.5. The number of aromatic hydroxyl groups is 1. The third-order valence-corrected chi connectivity index (χ3v) is 7.44. The minimum absolute atomic E-state index is 0.0766. The molecule has 1 aromatic carbocycles. The molecule has 7 atom stereocenters. The van der Waals surface area contributed by atoms with Gasteiger partial charge in [-0.3, -0.25) is 33.6 Å². The Hall–Kier alpha value is -5.30. The van der Waals surface area contributed by atoms with Crippen LogP contribution in [0.2, 0.25) is 0 Å². The van der Waals surface area contributed by atoms with Gasteiger partial charge in [0.05, 0.1) is 25.0 Å². The number of carboxylic acids is 3. The monoisotopic (exact) mass is 724 g/mol. The molecular weight excluding hydrogens is 676 g/mol. The SMILES string of the molecule is CC(C)C[C@H](NC(=O)[C@@H](N)C(C)C)C(=O)N[C@@H](CC(=O)O)C(=O)N[C@H](C(=O)N[C@@H](CC(=O)O)C(=O)N[C@@H](Cc1ccc(O)cc1)C(=O)O)[C@@H](C)O. The first-order chi connectivity index (χ1) is 23.6. The summed E-state index contributed by atoms with van der Waals surface area (Å²) in [5, 5.41) is 59.3. The zero-order valence-electron chi connectivity index (χ0n) is 28.9. The molecule has 0 aromatic heterocycles. The fourth-order valence-corrected chi connectivity index (χ4v) is 4.57. The third kappa shape index (κ3) is 15.4. The highest BCUT2D eigenvalue weighted by Gasteiger charge is 2.36. The van der Waals surface area contributed by atoms with E-state index in [1.165, 1.54) is 24.3 Å². The number of aliphatic hydroxyl groups excluding tert-OH is 1. The summed E-state index contributed by atoms with van der Waals surface area (Å²) in [5.41, 5.74) is 6.27. The molecule has 0 radical (unpaired) electrons. The zero-order valence-corrected chi connectivity index (χ0v) is 28.9. The van der Waals surface area contributed by atoms with E-state index in [0.717, 1.165) is 6.92 Å². The Balaban J connectivity index is 3.21. The number of aliphatic carboxylic acids is 3. The van der Waals surface area contributed by atoms with Gasteiger partial charge in [-0.15, -0.1) is 0 Å². The number of benzene rings is 1. The molecule has 0 unspecified atom stereocenters. The van der Waals surface area contributed by atoms with Gasteiger partial charge in [0, 0.05) is 6.42 Å². The summed E-state index contributed by atoms with van der Waals surface area (Å²) in [5.74, 6) is -10.6. The summed E-state index contributed by atoms with van der Waals surface area (Å²) in [4.78, 5) is 100. The summed E-state index contributed by atoms with van der Waals surface area (Å²) in [6, 6.07) is -4.15. The number of hydrogen-bond acceptors (Lipinski definition) is 11. The van der Waals surface area contributed by atoms with Crippen LogP contribution < -0.4 is 32.3 Å². The van der Waals surface area contributed by atoms with Crippen LogP contribution in [0.5, 0.6) is 5.75 Å². The van der Waals surface area contributed by atoms with Crippen LogP contribution in [0.1, 0.15) is 59.4 Å². The Bertz CT molecular complexity index is 1420. The second kappa shape index (κ2) is 20.4. The van der Waals surface area contributed by atoms with Crippen molar-refractivity contribution in [1.29, 1.82) is 0 Å². The molecule has 12 N–H and O–H groups in total. The summed E-state index contributed by atoms with van der Waals surface area (Å²) in [7, 11) is 0. The fraction of sp³-hybridized carbons (Fsp3) is 0.562. The lowest BCUT2D eigenvalue weighted by molar-refractivity contribution is -0.144. The van der Waals surface area contributed by atoms with E-state index in [2.05, 4.69) is 26.6 Å². The van der Waals surface area contributed by atoms with Crippen LogP contribution in [0.3, 0.4) is 0 Å². The first-order valence-corrected chi connectivity index (χ1v) is 16.0. The minimum atomic E-state index is -1.93. The Labute approximate surface area is 293 Å². The van der Waals surface area contributed by atoms with E-state index in [4.69, 9.17) is 5.73 Å². The van der Waals surface area contributed by atoms with E-state index in [1.807, 2.05) is 0 Å². The van der Waals surface area contributed by atoms with E-state index in [1.54, 1.807) is 27.7 Å². The standard InChI is InChI=1S/C32H48N6O13/c1-14(2)10-19(35-30(48)25(33)15(3)4)27(45)34-21(13-24(43)44)29(47)38-26(16(5)39)31(49)36-20(12-23(41)42)28(46)37-22(32(50)51)11-17-6-8-18(40)9-7-17/h6-9,14-16,19-22,25-26,39-40H,10-13,33H2,1-5H3,(H,34,45)(H,35,48)(H,36,49)(H,37,46)(H,38,47)(H,41,42)(H,43,44)(H,50,51)/t16-,19+,20+,21+,22+,25+,26+/m1/s1. The quantitative estimate of drug-likeness (QED) is 0.0641. The number of carboxylic acid groups (broad SMARTS) is 3. The van der Waals surface area contributed by atoms with Gasteiger partial charge in [-0.2, -0.15) is 0 Å². The highest BCUT2D eigenvalue weighted by atomic mass is 16.4. The molecule has 19 nitrogen and oxygen atoms in total. The molecule has 1 rings (SSSR count). The average molecular weight is 725 g/mol. The van der Waals surface area contributed by atoms with Crippen molar-refractivity contribution in [2.75, 3.05) is 0 Å². The van der Waals surface area contributed by atoms with Gasteiger partial charge in [-0.25, -0.2) is 4.79 Å². The Morgan fingerprint density at radius 3 is 1.49 bits per heavy atom. The molecule has 284 valence electrons. The number of rotatable bonds is 21. The predicted octanol–water partition coefficient (Wildman–Crippen LogP) is -2.20. The largest absolute Gasteiger partial charge is 0.508 e. The van der Waals surface area contributed by atoms with Gasteiger partial charge < -0.3 is 57.9 Å². The van der Waals surface area contributed by atoms with Crippen LogP contribution in [-0.4, -0.2) is 115 Å². The number of nitrogens with one attached hydrogen (secondary N) is 5. The lowest BCUT2D eigenvalue weighted by atomic mass is 10.00. The van der Waals surface area contributed by atoms with E-state index < -0.39 is 103 Å². The van der Waals surface area contributed by atoms with E-state index in [0.29, 0.717) is 5.56 Å². The first kappa shape index (κ1) is 43.7. The van der Waals surface area contributed by atoms with Crippen molar-refractivity contribution in [3.8, 4) is 5.75 Å². The molecule has 5 amide bonds. The molecule has 0 fully saturated rings. The molecule has 0 saturated carbocycles. The molecule has 0 aliphatic carbocycles. The second-order valence-corrected chi connectivity index (χ2v) is 12.8. The molecule has 51 heavy (non-hydrogen) atoms. The summed E-state index contributed by atoms with van der Waals surface area (Å²) >= 11 is 0. The highest BCUT2D eigenvalue weighted by molar-refractivity contribution is 5.98. The molecule has 19 heteroatoms. The summed E-state index contributed by atoms with van der Waals surface area (Å²) in [6.45, 7) is 7.92. The van der Waals surface area contributed by atoms with Gasteiger partial charge >= 0.3 is 17.9 Å². The molecular formula is C32H48N6O13. The number of carbonyl (C=O) groups excluding carboxylic acids is 5. The minimum Gasteiger partial charge on any atom is -0.508 e. The number of amides is 5. The summed E-state index contributed by atoms with van der Waals surface area (Å²) in [6.07, 6.45) is -3.99. The second-order valence-electron chi connectivity index (χ2n) is 12.8. The van der Waals surface area contributed by atoms with Gasteiger partial charge in [0.1, 0.15) is 36.0 Å². The number of aliphatic hydroxyl groups is 1. The average Bonchev–Trinajstić information content (AvgIpc) is 3.01. The molecule has 0 saturated heterocycles. The topological polar surface area (TPSA) is 324 Å². The summed E-state index contributed by atoms with van der Waals surface area (Å²) < 4.78 is 0. The van der Waals surface area contributed by atoms with Crippen molar-refractivity contribution >= 4 is 47.4 Å². The number of carbonyl (C=O) groups is 8. The first-order valence-electron chi connectivity index (χ1n) is 16.0. The van der Waals surface area contributed by atoms with Crippen molar-refractivity contribution in [3.05, 3.63) is 29.8 Å². The van der Waals surface area contributed by atoms with Crippen LogP contribution in [-0.2, 0) is 44.8 Å². The molecule has 1 aromatic rings. The van der Waals surface area contributed by atoms with Crippen LogP contribution in [0.15, 0.2) is 24.3 Å². The van der Waals surface area contributed by atoms with Crippen molar-refractivity contribution in [1.82, 2.24) is 26.6 Å². The molecule has 0 spiro atoms. The number of phenolic OH excluding ortho intramolecular Hbond substituents is 1. The van der Waals surface area contributed by atoms with Gasteiger partial charge in [0.2, 0.25) is 29.5 Å². The fourth-order valence-electron chi connectivity index (χ4n) is 4.57. The van der Waals surface area contributed by atoms with Gasteiger partial charge in [-0.1, -0.05) is 39.8 Å². The van der Waals surface area contributed by atoms with E-state index in [-0.39, 0.29) is 30.4 Å². The van der Waals surface area contributed by atoms with Crippen LogP contribution in [0.4, 0.5) is 0 Å². The molecule has 0 aliphatic rings. The van der Waals surface area contributed by atoms with Crippen molar-refractivity contribution < 1.29 is 63.9 Å². The van der Waals surface area contributed by atoms with E-state index in [9.17, 15) is 63.9 Å². The Morgan fingerprint density at radius 2 is 1.06 bits per heavy atom. The van der Waals surface area contributed by atoms with Crippen molar-refractivity contribution in [2.45, 2.75) is 103 Å². The normalized spacial score (nSPS) is 15.2. The Morgan fingerprint density at radius 1 is 0.627 bits per heavy atom. The predicted molar refractivity (Wildman–Crippen MR) is 178 cm³/mol. The maximum Gasteiger partial charge on any atom is 0.326 e. The van der Waals surface area contributed by atoms with Crippen LogP contribution in [0.25, 0.3) is 0 Å². The maximum atomic E-state index is 13.3. The zero-order chi connectivity index (χ0) is 39.2. The van der Waals surface area contributed by atoms with Gasteiger partial charge in [-0.05, 0) is 42.9 Å². The van der Waals surface area contributed by atoms with Crippen molar-refractivity contribution in [2.24, 2.45) is 17.6 Å². The number of hydrogen-bond donors (Lipinski definition) is 11.